The Bertz CT molecular complexity index is 893. The number of ether oxygens (including phenoxy) is 2. The van der Waals surface area contributed by atoms with Crippen molar-refractivity contribution in [3.8, 4) is 23.0 Å². The zero-order chi connectivity index (χ0) is 17.8. The highest BCUT2D eigenvalue weighted by molar-refractivity contribution is 6.31. The van der Waals surface area contributed by atoms with Gasteiger partial charge in [0.15, 0.2) is 6.61 Å². The van der Waals surface area contributed by atoms with E-state index in [1.165, 1.54) is 6.07 Å². The first kappa shape index (κ1) is 16.8. The topological polar surface area (TPSA) is 100 Å². The van der Waals surface area contributed by atoms with Crippen molar-refractivity contribution in [3.63, 3.8) is 0 Å². The van der Waals surface area contributed by atoms with Crippen LogP contribution in [0.5, 0.6) is 11.5 Å². The van der Waals surface area contributed by atoms with Crippen molar-refractivity contribution in [2.75, 3.05) is 7.11 Å². The molecule has 0 fully saturated rings. The van der Waals surface area contributed by atoms with Crippen LogP contribution in [0.2, 0.25) is 5.02 Å². The van der Waals surface area contributed by atoms with Crippen LogP contribution >= 0.6 is 11.6 Å². The molecule has 1 heterocycles. The monoisotopic (exact) mass is 359 g/mol. The summed E-state index contributed by atoms with van der Waals surface area (Å²) < 4.78 is 16.2. The highest BCUT2D eigenvalue weighted by atomic mass is 35.5. The fourth-order valence-electron chi connectivity index (χ4n) is 2.12. The minimum atomic E-state index is -0.637. The predicted octanol–water partition coefficient (Wildman–Crippen LogP) is 3.08. The lowest BCUT2D eigenvalue weighted by Gasteiger charge is -2.07. The van der Waals surface area contributed by atoms with Gasteiger partial charge in [-0.2, -0.15) is 0 Å². The lowest BCUT2D eigenvalue weighted by molar-refractivity contribution is 0.0995. The number of methoxy groups -OCH3 is 1. The van der Waals surface area contributed by atoms with Gasteiger partial charge in [-0.25, -0.2) is 0 Å². The van der Waals surface area contributed by atoms with Crippen molar-refractivity contribution in [2.24, 2.45) is 5.73 Å². The van der Waals surface area contributed by atoms with Crippen LogP contribution in [0, 0.1) is 0 Å². The maximum Gasteiger partial charge on any atom is 0.254 e. The van der Waals surface area contributed by atoms with E-state index in [1.54, 1.807) is 43.5 Å². The molecular weight excluding hydrogens is 346 g/mol. The number of hydrogen-bond acceptors (Lipinski definition) is 6. The standard InChI is InChI=1S/C17H14ClN3O4/c1-23-12-5-2-10(3-6-12)17-21-20-15(25-17)9-24-14-7-4-11(18)8-13(14)16(19)22/h2-8H,9H2,1H3,(H2,19,22). The molecule has 0 saturated heterocycles. The van der Waals surface area contributed by atoms with Crippen LogP contribution in [0.3, 0.4) is 0 Å². The molecule has 3 rings (SSSR count). The summed E-state index contributed by atoms with van der Waals surface area (Å²) in [5, 5.41) is 8.29. The number of primary amides is 1. The Labute approximate surface area is 148 Å². The normalized spacial score (nSPS) is 10.5. The van der Waals surface area contributed by atoms with Gasteiger partial charge in [0.2, 0.25) is 5.89 Å². The van der Waals surface area contributed by atoms with E-state index in [4.69, 9.17) is 31.2 Å². The van der Waals surface area contributed by atoms with Gasteiger partial charge < -0.3 is 19.6 Å². The molecule has 2 aromatic carbocycles. The van der Waals surface area contributed by atoms with Gasteiger partial charge in [0.25, 0.3) is 11.8 Å². The van der Waals surface area contributed by atoms with E-state index >= 15 is 0 Å². The molecule has 0 spiro atoms. The molecular formula is C17H14ClN3O4. The van der Waals surface area contributed by atoms with Gasteiger partial charge >= 0.3 is 0 Å². The van der Waals surface area contributed by atoms with E-state index in [9.17, 15) is 4.79 Å². The van der Waals surface area contributed by atoms with Crippen molar-refractivity contribution >= 4 is 17.5 Å². The number of carbonyl (C=O) groups is 1. The third kappa shape index (κ3) is 3.89. The third-order valence-electron chi connectivity index (χ3n) is 3.36. The summed E-state index contributed by atoms with van der Waals surface area (Å²) in [7, 11) is 1.59. The van der Waals surface area contributed by atoms with Crippen LogP contribution in [0.15, 0.2) is 46.9 Å². The molecule has 128 valence electrons. The van der Waals surface area contributed by atoms with Gasteiger partial charge in [0.1, 0.15) is 11.5 Å². The van der Waals surface area contributed by atoms with Crippen LogP contribution < -0.4 is 15.2 Å². The molecule has 0 aliphatic rings. The molecule has 1 amide bonds. The Morgan fingerprint density at radius 3 is 2.64 bits per heavy atom. The molecule has 3 aromatic rings. The summed E-state index contributed by atoms with van der Waals surface area (Å²) in [4.78, 5) is 11.4. The van der Waals surface area contributed by atoms with Crippen molar-refractivity contribution < 1.29 is 18.7 Å². The van der Waals surface area contributed by atoms with Gasteiger partial charge in [0.05, 0.1) is 12.7 Å². The molecule has 2 N–H and O–H groups in total. The first-order valence-corrected chi connectivity index (χ1v) is 7.63. The molecule has 0 aliphatic heterocycles. The van der Waals surface area contributed by atoms with E-state index in [1.807, 2.05) is 0 Å². The predicted molar refractivity (Wildman–Crippen MR) is 90.6 cm³/mol. The highest BCUT2D eigenvalue weighted by Gasteiger charge is 2.13. The largest absolute Gasteiger partial charge is 0.497 e. The van der Waals surface area contributed by atoms with Crippen molar-refractivity contribution in [2.45, 2.75) is 6.61 Å². The molecule has 0 atom stereocenters. The van der Waals surface area contributed by atoms with E-state index in [0.717, 1.165) is 11.3 Å². The van der Waals surface area contributed by atoms with Crippen molar-refractivity contribution in [1.82, 2.24) is 10.2 Å². The SMILES string of the molecule is COc1ccc(-c2nnc(COc3ccc(Cl)cc3C(N)=O)o2)cc1. The number of benzene rings is 2. The number of hydrogen-bond donors (Lipinski definition) is 1. The molecule has 7 nitrogen and oxygen atoms in total. The number of aromatic nitrogens is 2. The van der Waals surface area contributed by atoms with Crippen LogP contribution in [-0.4, -0.2) is 23.2 Å². The smallest absolute Gasteiger partial charge is 0.254 e. The van der Waals surface area contributed by atoms with Crippen molar-refractivity contribution in [3.05, 3.63) is 58.9 Å². The summed E-state index contributed by atoms with van der Waals surface area (Å²) in [6.45, 7) is -0.00886. The lowest BCUT2D eigenvalue weighted by atomic mass is 10.2. The summed E-state index contributed by atoms with van der Waals surface area (Å²) in [6, 6.07) is 11.8. The molecule has 25 heavy (non-hydrogen) atoms. The van der Waals surface area contributed by atoms with Crippen LogP contribution in [0.1, 0.15) is 16.2 Å². The molecule has 0 radical (unpaired) electrons. The minimum Gasteiger partial charge on any atom is -0.497 e. The number of amides is 1. The Balaban J connectivity index is 1.73. The van der Waals surface area contributed by atoms with E-state index < -0.39 is 5.91 Å². The molecule has 0 unspecified atom stereocenters. The van der Waals surface area contributed by atoms with E-state index in [0.29, 0.717) is 16.7 Å². The second-order valence-corrected chi connectivity index (χ2v) is 5.46. The van der Waals surface area contributed by atoms with Gasteiger partial charge in [0, 0.05) is 10.6 Å². The maximum atomic E-state index is 11.4. The number of nitrogens with two attached hydrogens (primary N) is 1. The number of carbonyl (C=O) groups excluding carboxylic acids is 1. The van der Waals surface area contributed by atoms with Crippen LogP contribution in [-0.2, 0) is 6.61 Å². The zero-order valence-corrected chi connectivity index (χ0v) is 14.0. The Morgan fingerprint density at radius 1 is 1.20 bits per heavy atom. The first-order chi connectivity index (χ1) is 12.1. The Morgan fingerprint density at radius 2 is 1.96 bits per heavy atom. The zero-order valence-electron chi connectivity index (χ0n) is 13.2. The van der Waals surface area contributed by atoms with Gasteiger partial charge in [-0.15, -0.1) is 10.2 Å². The van der Waals surface area contributed by atoms with Gasteiger partial charge in [-0.3, -0.25) is 4.79 Å². The maximum absolute atomic E-state index is 11.4. The van der Waals surface area contributed by atoms with Crippen LogP contribution in [0.4, 0.5) is 0 Å². The summed E-state index contributed by atoms with van der Waals surface area (Å²) >= 11 is 5.86. The summed E-state index contributed by atoms with van der Waals surface area (Å²) in [5.74, 6) is 1.00. The van der Waals surface area contributed by atoms with E-state index in [-0.39, 0.29) is 18.1 Å². The Hall–Kier alpha value is -3.06. The fourth-order valence-corrected chi connectivity index (χ4v) is 2.29. The second kappa shape index (κ2) is 7.23. The molecule has 0 bridgehead atoms. The highest BCUT2D eigenvalue weighted by Crippen LogP contribution is 2.24. The Kier molecular flexibility index (Phi) is 4.85. The third-order valence-corrected chi connectivity index (χ3v) is 3.60. The fraction of sp³-hybridized carbons (Fsp3) is 0.118. The number of rotatable bonds is 6. The van der Waals surface area contributed by atoms with Crippen LogP contribution in [0.25, 0.3) is 11.5 Å². The molecule has 0 aliphatic carbocycles. The molecule has 0 saturated carbocycles. The summed E-state index contributed by atoms with van der Waals surface area (Å²) in [6.07, 6.45) is 0. The molecule has 1 aromatic heterocycles. The first-order valence-electron chi connectivity index (χ1n) is 7.26. The number of halogens is 1. The quantitative estimate of drug-likeness (QED) is 0.725. The second-order valence-electron chi connectivity index (χ2n) is 5.02. The van der Waals surface area contributed by atoms with Crippen molar-refractivity contribution in [1.29, 1.82) is 0 Å². The average molecular weight is 360 g/mol. The van der Waals surface area contributed by atoms with E-state index in [2.05, 4.69) is 10.2 Å². The lowest BCUT2D eigenvalue weighted by Crippen LogP contribution is -2.13. The van der Waals surface area contributed by atoms with Gasteiger partial charge in [-0.1, -0.05) is 11.6 Å². The number of nitrogens with zero attached hydrogens (tertiary/aromatic N) is 2. The molecule has 8 heteroatoms. The summed E-state index contributed by atoms with van der Waals surface area (Å²) in [5.41, 5.74) is 6.25. The average Bonchev–Trinajstić information content (AvgIpc) is 3.09. The minimum absolute atomic E-state index is 0.00886. The van der Waals surface area contributed by atoms with Gasteiger partial charge in [-0.05, 0) is 42.5 Å².